The topological polar surface area (TPSA) is 49.4 Å². The van der Waals surface area contributed by atoms with Gasteiger partial charge >= 0.3 is 0 Å². The van der Waals surface area contributed by atoms with E-state index in [1.54, 1.807) is 23.1 Å². The number of carbonyl (C=O) groups excluding carboxylic acids is 2. The molecule has 4 nitrogen and oxygen atoms in total. The SMILES string of the molecule is CC(C)Nc1cccc(C(=O)N2CCC(C(=O)c3c(F)cc(F)cc3F)CC2)c1. The van der Waals surface area contributed by atoms with Gasteiger partial charge < -0.3 is 10.2 Å². The zero-order valence-electron chi connectivity index (χ0n) is 16.3. The number of amides is 1. The van der Waals surface area contributed by atoms with E-state index in [9.17, 15) is 22.8 Å². The Balaban J connectivity index is 1.66. The van der Waals surface area contributed by atoms with Crippen LogP contribution in [0.2, 0.25) is 0 Å². The fourth-order valence-corrected chi connectivity index (χ4v) is 3.58. The second-order valence-electron chi connectivity index (χ2n) is 7.56. The summed E-state index contributed by atoms with van der Waals surface area (Å²) in [5.74, 6) is -4.90. The summed E-state index contributed by atoms with van der Waals surface area (Å²) in [6.07, 6.45) is 0.593. The molecule has 1 amide bonds. The number of halogens is 3. The quantitative estimate of drug-likeness (QED) is 0.738. The van der Waals surface area contributed by atoms with Crippen LogP contribution in [0, 0.1) is 23.4 Å². The Hall–Kier alpha value is -2.83. The van der Waals surface area contributed by atoms with Crippen LogP contribution in [0.1, 0.15) is 47.4 Å². The van der Waals surface area contributed by atoms with Crippen molar-refractivity contribution in [2.45, 2.75) is 32.7 Å². The number of Topliss-reactive ketones (excluding diaryl/α,β-unsaturated/α-hetero) is 1. The van der Waals surface area contributed by atoms with Crippen LogP contribution in [0.4, 0.5) is 18.9 Å². The van der Waals surface area contributed by atoms with E-state index in [0.29, 0.717) is 43.6 Å². The molecule has 1 aliphatic heterocycles. The highest BCUT2D eigenvalue weighted by Crippen LogP contribution is 2.26. The molecule has 2 aromatic carbocycles. The molecule has 1 fully saturated rings. The fraction of sp³-hybridized carbons (Fsp3) is 0.364. The molecule has 0 aliphatic carbocycles. The van der Waals surface area contributed by atoms with Gasteiger partial charge in [-0.1, -0.05) is 6.07 Å². The molecular weight excluding hydrogens is 381 g/mol. The van der Waals surface area contributed by atoms with E-state index in [4.69, 9.17) is 0 Å². The number of nitrogens with one attached hydrogen (secondary N) is 1. The summed E-state index contributed by atoms with van der Waals surface area (Å²) in [4.78, 5) is 26.9. The van der Waals surface area contributed by atoms with Gasteiger partial charge in [-0.25, -0.2) is 13.2 Å². The molecule has 29 heavy (non-hydrogen) atoms. The van der Waals surface area contributed by atoms with Gasteiger partial charge in [0.25, 0.3) is 5.91 Å². The highest BCUT2D eigenvalue weighted by atomic mass is 19.1. The number of likely N-dealkylation sites (tertiary alicyclic amines) is 1. The van der Waals surface area contributed by atoms with E-state index in [0.717, 1.165) is 5.69 Å². The van der Waals surface area contributed by atoms with E-state index < -0.39 is 34.7 Å². The molecule has 0 unspecified atom stereocenters. The van der Waals surface area contributed by atoms with Gasteiger partial charge in [-0.05, 0) is 44.9 Å². The normalized spacial score (nSPS) is 14.9. The molecule has 2 aromatic rings. The lowest BCUT2D eigenvalue weighted by atomic mass is 9.88. The fourth-order valence-electron chi connectivity index (χ4n) is 3.58. The van der Waals surface area contributed by atoms with E-state index in [1.165, 1.54) is 0 Å². The number of hydrogen-bond acceptors (Lipinski definition) is 3. The third-order valence-electron chi connectivity index (χ3n) is 4.97. The van der Waals surface area contributed by atoms with Gasteiger partial charge in [-0.15, -0.1) is 0 Å². The van der Waals surface area contributed by atoms with Gasteiger partial charge in [-0.3, -0.25) is 9.59 Å². The maximum atomic E-state index is 13.9. The van der Waals surface area contributed by atoms with Crippen molar-refractivity contribution in [1.82, 2.24) is 4.90 Å². The summed E-state index contributed by atoms with van der Waals surface area (Å²) in [5, 5.41) is 3.24. The molecular formula is C22H23F3N2O2. The molecule has 0 radical (unpaired) electrons. The van der Waals surface area contributed by atoms with Gasteiger partial charge in [0, 0.05) is 48.4 Å². The van der Waals surface area contributed by atoms with Crippen molar-refractivity contribution in [3.8, 4) is 0 Å². The molecule has 7 heteroatoms. The van der Waals surface area contributed by atoms with Gasteiger partial charge in [0.2, 0.25) is 0 Å². The summed E-state index contributed by atoms with van der Waals surface area (Å²) in [6.45, 7) is 4.62. The summed E-state index contributed by atoms with van der Waals surface area (Å²) >= 11 is 0. The summed E-state index contributed by atoms with van der Waals surface area (Å²) < 4.78 is 40.9. The molecule has 3 rings (SSSR count). The first-order valence-electron chi connectivity index (χ1n) is 9.61. The molecule has 154 valence electrons. The second-order valence-corrected chi connectivity index (χ2v) is 7.56. The Morgan fingerprint density at radius 2 is 1.66 bits per heavy atom. The molecule has 0 saturated carbocycles. The predicted molar refractivity (Wildman–Crippen MR) is 104 cm³/mol. The molecule has 1 heterocycles. The van der Waals surface area contributed by atoms with Crippen molar-refractivity contribution in [1.29, 1.82) is 0 Å². The third kappa shape index (κ3) is 4.78. The van der Waals surface area contributed by atoms with Gasteiger partial charge in [-0.2, -0.15) is 0 Å². The monoisotopic (exact) mass is 404 g/mol. The Morgan fingerprint density at radius 3 is 2.24 bits per heavy atom. The van der Waals surface area contributed by atoms with Crippen molar-refractivity contribution in [3.05, 3.63) is 65.0 Å². The lowest BCUT2D eigenvalue weighted by Gasteiger charge is -2.31. The average Bonchev–Trinajstić information content (AvgIpc) is 2.66. The van der Waals surface area contributed by atoms with Gasteiger partial charge in [0.05, 0.1) is 5.56 Å². The molecule has 1 saturated heterocycles. The molecule has 0 atom stereocenters. The zero-order valence-corrected chi connectivity index (χ0v) is 16.3. The van der Waals surface area contributed by atoms with Gasteiger partial charge in [0.1, 0.15) is 17.5 Å². The maximum Gasteiger partial charge on any atom is 0.253 e. The third-order valence-corrected chi connectivity index (χ3v) is 4.97. The average molecular weight is 404 g/mol. The number of hydrogen-bond donors (Lipinski definition) is 1. The van der Waals surface area contributed by atoms with E-state index in [2.05, 4.69) is 5.32 Å². The number of nitrogens with zero attached hydrogens (tertiary/aromatic N) is 1. The molecule has 1 aliphatic rings. The predicted octanol–water partition coefficient (Wildman–Crippen LogP) is 4.66. The standard InChI is InChI=1S/C22H23F3N2O2/c1-13(2)26-17-5-3-4-15(10-17)22(29)27-8-6-14(7-9-27)21(28)20-18(24)11-16(23)12-19(20)25/h3-5,10-14,26H,6-9H2,1-2H3. The Morgan fingerprint density at radius 1 is 1.03 bits per heavy atom. The molecule has 0 spiro atoms. The van der Waals surface area contributed by atoms with Crippen LogP contribution in [-0.4, -0.2) is 35.7 Å². The first kappa shape index (κ1) is 20.9. The first-order valence-corrected chi connectivity index (χ1v) is 9.61. The van der Waals surface area contributed by atoms with Crippen LogP contribution in [-0.2, 0) is 0 Å². The zero-order chi connectivity index (χ0) is 21.1. The van der Waals surface area contributed by atoms with Crippen molar-refractivity contribution >= 4 is 17.4 Å². The van der Waals surface area contributed by atoms with E-state index in [-0.39, 0.29) is 11.9 Å². The molecule has 0 bridgehead atoms. The number of ketones is 1. The smallest absolute Gasteiger partial charge is 0.253 e. The van der Waals surface area contributed by atoms with Crippen molar-refractivity contribution in [2.75, 3.05) is 18.4 Å². The van der Waals surface area contributed by atoms with Crippen LogP contribution >= 0.6 is 0 Å². The van der Waals surface area contributed by atoms with Crippen LogP contribution in [0.25, 0.3) is 0 Å². The summed E-state index contributed by atoms with van der Waals surface area (Å²) in [5.41, 5.74) is 0.679. The van der Waals surface area contributed by atoms with E-state index >= 15 is 0 Å². The van der Waals surface area contributed by atoms with Crippen LogP contribution < -0.4 is 5.32 Å². The van der Waals surface area contributed by atoms with Crippen molar-refractivity contribution in [2.24, 2.45) is 5.92 Å². The Labute approximate surface area is 167 Å². The number of piperidine rings is 1. The Kier molecular flexibility index (Phi) is 6.25. The number of benzene rings is 2. The summed E-state index contributed by atoms with van der Waals surface area (Å²) in [6, 6.07) is 8.44. The highest BCUT2D eigenvalue weighted by Gasteiger charge is 2.31. The van der Waals surface area contributed by atoms with Crippen LogP contribution in [0.15, 0.2) is 36.4 Å². The number of carbonyl (C=O) groups is 2. The lowest BCUT2D eigenvalue weighted by Crippen LogP contribution is -2.40. The minimum Gasteiger partial charge on any atom is -0.383 e. The number of anilines is 1. The lowest BCUT2D eigenvalue weighted by molar-refractivity contribution is 0.0647. The second kappa shape index (κ2) is 8.68. The minimum absolute atomic E-state index is 0.151. The molecule has 1 N–H and O–H groups in total. The number of rotatable bonds is 5. The molecule has 0 aromatic heterocycles. The maximum absolute atomic E-state index is 13.9. The Bertz CT molecular complexity index is 899. The summed E-state index contributed by atoms with van der Waals surface area (Å²) in [7, 11) is 0. The minimum atomic E-state index is -1.19. The first-order chi connectivity index (χ1) is 13.8. The van der Waals surface area contributed by atoms with Crippen LogP contribution in [0.3, 0.4) is 0 Å². The van der Waals surface area contributed by atoms with Crippen LogP contribution in [0.5, 0.6) is 0 Å². The van der Waals surface area contributed by atoms with Gasteiger partial charge in [0.15, 0.2) is 5.78 Å². The highest BCUT2D eigenvalue weighted by molar-refractivity contribution is 5.99. The largest absolute Gasteiger partial charge is 0.383 e. The van der Waals surface area contributed by atoms with E-state index in [1.807, 2.05) is 19.9 Å². The van der Waals surface area contributed by atoms with Crippen molar-refractivity contribution < 1.29 is 22.8 Å². The van der Waals surface area contributed by atoms with Crippen molar-refractivity contribution in [3.63, 3.8) is 0 Å².